The smallest absolute Gasteiger partial charge is 0.276 e. The Bertz CT molecular complexity index is 935. The second kappa shape index (κ2) is 7.90. The van der Waals surface area contributed by atoms with Crippen LogP contribution in [0.4, 0.5) is 0 Å². The molecule has 0 aliphatic heterocycles. The second-order valence-electron chi connectivity index (χ2n) is 6.15. The van der Waals surface area contributed by atoms with Gasteiger partial charge in [-0.2, -0.15) is 0 Å². The van der Waals surface area contributed by atoms with Gasteiger partial charge in [-0.15, -0.1) is 5.10 Å². The Kier molecular flexibility index (Phi) is 5.40. The highest BCUT2D eigenvalue weighted by Gasteiger charge is 2.21. The maximum atomic E-state index is 12.8. The van der Waals surface area contributed by atoms with Crippen molar-refractivity contribution >= 4 is 5.91 Å². The Balaban J connectivity index is 1.79. The number of rotatable bonds is 6. The van der Waals surface area contributed by atoms with Gasteiger partial charge in [0.05, 0.1) is 25.6 Å². The van der Waals surface area contributed by atoms with E-state index in [2.05, 4.69) is 10.3 Å². The molecule has 3 aromatic rings. The largest absolute Gasteiger partial charge is 0.497 e. The van der Waals surface area contributed by atoms with Crippen LogP contribution in [0, 0.1) is 6.92 Å². The molecule has 0 spiro atoms. The summed E-state index contributed by atoms with van der Waals surface area (Å²) < 4.78 is 12.0. The lowest BCUT2D eigenvalue weighted by molar-refractivity contribution is 0.0778. The van der Waals surface area contributed by atoms with Gasteiger partial charge in [-0.25, -0.2) is 4.68 Å². The first-order chi connectivity index (χ1) is 13.0. The van der Waals surface area contributed by atoms with E-state index in [1.54, 1.807) is 30.8 Å². The molecule has 7 heteroatoms. The quantitative estimate of drug-likeness (QED) is 0.671. The zero-order valence-corrected chi connectivity index (χ0v) is 15.8. The van der Waals surface area contributed by atoms with Crippen LogP contribution in [0.2, 0.25) is 0 Å². The first-order valence-electron chi connectivity index (χ1n) is 8.48. The van der Waals surface area contributed by atoms with E-state index in [0.29, 0.717) is 23.7 Å². The second-order valence-corrected chi connectivity index (χ2v) is 6.15. The maximum Gasteiger partial charge on any atom is 0.276 e. The monoisotopic (exact) mass is 366 g/mol. The molecule has 0 fully saturated rings. The highest BCUT2D eigenvalue weighted by atomic mass is 16.5. The number of nitrogens with zero attached hydrogens (tertiary/aromatic N) is 4. The van der Waals surface area contributed by atoms with E-state index >= 15 is 0 Å². The van der Waals surface area contributed by atoms with Gasteiger partial charge >= 0.3 is 0 Å². The van der Waals surface area contributed by atoms with E-state index in [4.69, 9.17) is 9.47 Å². The van der Waals surface area contributed by atoms with Crippen LogP contribution in [0.3, 0.4) is 0 Å². The predicted molar refractivity (Wildman–Crippen MR) is 101 cm³/mol. The number of hydrogen-bond donors (Lipinski definition) is 0. The molecular weight excluding hydrogens is 344 g/mol. The van der Waals surface area contributed by atoms with Crippen molar-refractivity contribution in [1.29, 1.82) is 0 Å². The predicted octanol–water partition coefficient (Wildman–Crippen LogP) is 2.87. The fourth-order valence-corrected chi connectivity index (χ4v) is 2.77. The van der Waals surface area contributed by atoms with Crippen LogP contribution >= 0.6 is 0 Å². The summed E-state index contributed by atoms with van der Waals surface area (Å²) in [5.74, 6) is 1.31. The fourth-order valence-electron chi connectivity index (χ4n) is 2.77. The van der Waals surface area contributed by atoms with Crippen molar-refractivity contribution in [2.45, 2.75) is 13.5 Å². The van der Waals surface area contributed by atoms with E-state index in [1.807, 2.05) is 55.5 Å². The van der Waals surface area contributed by atoms with Gasteiger partial charge in [0.25, 0.3) is 5.91 Å². The molecule has 0 radical (unpaired) electrons. The number of hydrogen-bond acceptors (Lipinski definition) is 5. The normalized spacial score (nSPS) is 10.5. The summed E-state index contributed by atoms with van der Waals surface area (Å²) in [6.07, 6.45) is 0. The summed E-state index contributed by atoms with van der Waals surface area (Å²) in [5.41, 5.74) is 2.80. The van der Waals surface area contributed by atoms with E-state index in [9.17, 15) is 4.79 Å². The van der Waals surface area contributed by atoms with Gasteiger partial charge in [-0.1, -0.05) is 23.4 Å². The molecule has 0 saturated carbocycles. The average molecular weight is 366 g/mol. The summed E-state index contributed by atoms with van der Waals surface area (Å²) in [6.45, 7) is 2.29. The Labute approximate surface area is 158 Å². The van der Waals surface area contributed by atoms with E-state index in [0.717, 1.165) is 17.0 Å². The van der Waals surface area contributed by atoms with Gasteiger partial charge in [-0.3, -0.25) is 4.79 Å². The van der Waals surface area contributed by atoms with Gasteiger partial charge in [0, 0.05) is 19.7 Å². The molecule has 0 N–H and O–H groups in total. The molecule has 2 aromatic carbocycles. The summed E-state index contributed by atoms with van der Waals surface area (Å²) in [5, 5.41) is 8.24. The van der Waals surface area contributed by atoms with Crippen LogP contribution in [0.15, 0.2) is 48.5 Å². The average Bonchev–Trinajstić information content (AvgIpc) is 3.09. The molecule has 0 atom stereocenters. The van der Waals surface area contributed by atoms with Crippen LogP contribution in [0.1, 0.15) is 21.7 Å². The molecule has 0 aliphatic rings. The van der Waals surface area contributed by atoms with Crippen LogP contribution in [-0.2, 0) is 6.54 Å². The summed E-state index contributed by atoms with van der Waals surface area (Å²) in [4.78, 5) is 14.4. The highest BCUT2D eigenvalue weighted by Crippen LogP contribution is 2.19. The first-order valence-corrected chi connectivity index (χ1v) is 8.48. The van der Waals surface area contributed by atoms with Crippen LogP contribution in [-0.4, -0.2) is 47.1 Å². The number of methoxy groups -OCH3 is 2. The standard InChI is InChI=1S/C20H22N4O3/c1-14-19(21-22-24(14)16-6-5-7-18(12-16)27-4)20(25)23(2)13-15-8-10-17(26-3)11-9-15/h5-12H,13H2,1-4H3. The molecule has 1 aromatic heterocycles. The van der Waals surface area contributed by atoms with Crippen molar-refractivity contribution in [1.82, 2.24) is 19.9 Å². The van der Waals surface area contributed by atoms with Crippen LogP contribution in [0.25, 0.3) is 5.69 Å². The van der Waals surface area contributed by atoms with Crippen molar-refractivity contribution in [2.75, 3.05) is 21.3 Å². The highest BCUT2D eigenvalue weighted by molar-refractivity contribution is 5.93. The Morgan fingerprint density at radius 3 is 2.44 bits per heavy atom. The lowest BCUT2D eigenvalue weighted by atomic mass is 10.2. The van der Waals surface area contributed by atoms with Crippen molar-refractivity contribution < 1.29 is 14.3 Å². The minimum atomic E-state index is -0.183. The molecule has 27 heavy (non-hydrogen) atoms. The molecule has 1 heterocycles. The number of aromatic nitrogens is 3. The van der Waals surface area contributed by atoms with Gasteiger partial charge in [0.1, 0.15) is 11.5 Å². The molecule has 0 unspecified atom stereocenters. The molecule has 7 nitrogen and oxygen atoms in total. The number of amides is 1. The Morgan fingerprint density at radius 2 is 1.78 bits per heavy atom. The molecule has 0 saturated heterocycles. The zero-order chi connectivity index (χ0) is 19.4. The van der Waals surface area contributed by atoms with E-state index in [-0.39, 0.29) is 5.91 Å². The van der Waals surface area contributed by atoms with Gasteiger partial charge in [-0.05, 0) is 36.8 Å². The zero-order valence-electron chi connectivity index (χ0n) is 15.8. The Hall–Kier alpha value is -3.35. The third-order valence-corrected chi connectivity index (χ3v) is 4.32. The van der Waals surface area contributed by atoms with E-state index < -0.39 is 0 Å². The minimum Gasteiger partial charge on any atom is -0.497 e. The summed E-state index contributed by atoms with van der Waals surface area (Å²) in [7, 11) is 4.98. The molecule has 140 valence electrons. The molecule has 1 amide bonds. The van der Waals surface area contributed by atoms with Gasteiger partial charge in [0.2, 0.25) is 0 Å². The first kappa shape index (κ1) is 18.4. The van der Waals surface area contributed by atoms with E-state index in [1.165, 1.54) is 0 Å². The number of carbonyl (C=O) groups is 1. The third-order valence-electron chi connectivity index (χ3n) is 4.32. The molecule has 0 bridgehead atoms. The van der Waals surface area contributed by atoms with Gasteiger partial charge < -0.3 is 14.4 Å². The van der Waals surface area contributed by atoms with Crippen LogP contribution in [0.5, 0.6) is 11.5 Å². The maximum absolute atomic E-state index is 12.8. The number of ether oxygens (including phenoxy) is 2. The van der Waals surface area contributed by atoms with Crippen molar-refractivity contribution in [3.63, 3.8) is 0 Å². The summed E-state index contributed by atoms with van der Waals surface area (Å²) >= 11 is 0. The number of benzene rings is 2. The van der Waals surface area contributed by atoms with Crippen LogP contribution < -0.4 is 9.47 Å². The molecule has 3 rings (SSSR count). The summed E-state index contributed by atoms with van der Waals surface area (Å²) in [6, 6.07) is 15.1. The lowest BCUT2D eigenvalue weighted by Gasteiger charge is -2.16. The molecular formula is C20H22N4O3. The Morgan fingerprint density at radius 1 is 1.07 bits per heavy atom. The molecule has 0 aliphatic carbocycles. The van der Waals surface area contributed by atoms with Gasteiger partial charge in [0.15, 0.2) is 5.69 Å². The third kappa shape index (κ3) is 3.92. The topological polar surface area (TPSA) is 69.5 Å². The minimum absolute atomic E-state index is 0.183. The SMILES string of the molecule is COc1ccc(CN(C)C(=O)c2nnn(-c3cccc(OC)c3)c2C)cc1. The van der Waals surface area contributed by atoms with Crippen molar-refractivity contribution in [3.8, 4) is 17.2 Å². The van der Waals surface area contributed by atoms with Crippen molar-refractivity contribution in [2.24, 2.45) is 0 Å². The lowest BCUT2D eigenvalue weighted by Crippen LogP contribution is -2.27. The number of carbonyl (C=O) groups excluding carboxylic acids is 1. The van der Waals surface area contributed by atoms with Crippen molar-refractivity contribution in [3.05, 3.63) is 65.5 Å². The fraction of sp³-hybridized carbons (Fsp3) is 0.250.